The summed E-state index contributed by atoms with van der Waals surface area (Å²) in [6.45, 7) is 2.85. The smallest absolute Gasteiger partial charge is 0.255 e. The Morgan fingerprint density at radius 3 is 2.56 bits per heavy atom. The summed E-state index contributed by atoms with van der Waals surface area (Å²) in [4.78, 5) is 13.0. The molecule has 2 heterocycles. The van der Waals surface area contributed by atoms with E-state index in [4.69, 9.17) is 18.9 Å². The van der Waals surface area contributed by atoms with Crippen molar-refractivity contribution in [3.8, 4) is 11.5 Å². The van der Waals surface area contributed by atoms with Gasteiger partial charge in [0.05, 0.1) is 36.9 Å². The molecule has 1 unspecified atom stereocenters. The number of hydrogen-bond acceptors (Lipinski definition) is 7. The van der Waals surface area contributed by atoms with Gasteiger partial charge in [0.25, 0.3) is 5.91 Å². The van der Waals surface area contributed by atoms with Crippen LogP contribution in [0.2, 0.25) is 0 Å². The quantitative estimate of drug-likeness (QED) is 0.575. The van der Waals surface area contributed by atoms with Gasteiger partial charge in [0.15, 0.2) is 0 Å². The molecule has 0 spiro atoms. The molecule has 0 aliphatic carbocycles. The maximum Gasteiger partial charge on any atom is 0.255 e. The van der Waals surface area contributed by atoms with Crippen LogP contribution in [0, 0.1) is 0 Å². The summed E-state index contributed by atoms with van der Waals surface area (Å²) in [6.07, 6.45) is 2.24. The molecule has 184 valence electrons. The van der Waals surface area contributed by atoms with Crippen LogP contribution in [-0.2, 0) is 26.0 Å². The summed E-state index contributed by atoms with van der Waals surface area (Å²) < 4.78 is 49.2. The summed E-state index contributed by atoms with van der Waals surface area (Å²) in [7, 11) is -2.29. The van der Waals surface area contributed by atoms with E-state index < -0.39 is 15.9 Å². The Bertz CT molecular complexity index is 1080. The van der Waals surface area contributed by atoms with Crippen LogP contribution in [0.25, 0.3) is 0 Å². The number of rotatable bonds is 9. The normalized spacial score (nSPS) is 19.0. The molecule has 1 atom stereocenters. The fraction of sp³-hybridized carbons (Fsp3) is 0.458. The largest absolute Gasteiger partial charge is 0.496 e. The number of amides is 1. The second-order valence-corrected chi connectivity index (χ2v) is 10.1. The van der Waals surface area contributed by atoms with E-state index in [0.29, 0.717) is 25.6 Å². The lowest BCUT2D eigenvalue weighted by Crippen LogP contribution is -2.40. The van der Waals surface area contributed by atoms with E-state index in [0.717, 1.165) is 30.8 Å². The lowest BCUT2D eigenvalue weighted by Gasteiger charge is -2.26. The number of ether oxygens (including phenoxy) is 4. The molecule has 2 aliphatic heterocycles. The van der Waals surface area contributed by atoms with Crippen LogP contribution in [0.3, 0.4) is 0 Å². The number of benzene rings is 2. The Hall–Kier alpha value is -2.66. The predicted molar refractivity (Wildman–Crippen MR) is 125 cm³/mol. The van der Waals surface area contributed by atoms with E-state index in [1.165, 1.54) is 29.6 Å². The zero-order valence-corrected chi connectivity index (χ0v) is 20.0. The van der Waals surface area contributed by atoms with Crippen LogP contribution in [0.15, 0.2) is 47.4 Å². The highest BCUT2D eigenvalue weighted by molar-refractivity contribution is 7.89. The molecule has 1 N–H and O–H groups in total. The van der Waals surface area contributed by atoms with Gasteiger partial charge in [-0.25, -0.2) is 8.42 Å². The van der Waals surface area contributed by atoms with Crippen LogP contribution < -0.4 is 14.8 Å². The lowest BCUT2D eigenvalue weighted by molar-refractivity contribution is 0.0679. The number of sulfonamides is 1. The molecule has 0 radical (unpaired) electrons. The first kappa shape index (κ1) is 24.5. The monoisotopic (exact) mass is 490 g/mol. The zero-order valence-electron chi connectivity index (χ0n) is 19.2. The molecule has 4 rings (SSSR count). The van der Waals surface area contributed by atoms with Crippen LogP contribution in [0.1, 0.15) is 28.8 Å². The molecule has 2 fully saturated rings. The average molecular weight is 491 g/mol. The fourth-order valence-electron chi connectivity index (χ4n) is 3.91. The molecule has 1 amide bonds. The molecule has 2 saturated heterocycles. The first-order valence-electron chi connectivity index (χ1n) is 11.3. The van der Waals surface area contributed by atoms with Gasteiger partial charge in [-0.1, -0.05) is 12.1 Å². The SMILES string of the molecule is COc1ccc(S(=O)(=O)N2CCOCC2)cc1C(=O)NCc1ccc(OCC2CCCO2)cc1. The van der Waals surface area contributed by atoms with Crippen molar-refractivity contribution >= 4 is 15.9 Å². The van der Waals surface area contributed by atoms with Gasteiger partial charge in [-0.15, -0.1) is 0 Å². The number of hydrogen-bond donors (Lipinski definition) is 1. The number of nitrogens with one attached hydrogen (secondary N) is 1. The van der Waals surface area contributed by atoms with Gasteiger partial charge in [-0.3, -0.25) is 4.79 Å². The molecule has 2 aromatic carbocycles. The van der Waals surface area contributed by atoms with Crippen molar-refractivity contribution in [2.24, 2.45) is 0 Å². The molecule has 2 aromatic rings. The third-order valence-electron chi connectivity index (χ3n) is 5.86. The number of carbonyl (C=O) groups is 1. The Balaban J connectivity index is 1.39. The number of methoxy groups -OCH3 is 1. The van der Waals surface area contributed by atoms with Crippen molar-refractivity contribution in [2.45, 2.75) is 30.4 Å². The highest BCUT2D eigenvalue weighted by atomic mass is 32.2. The summed E-state index contributed by atoms with van der Waals surface area (Å²) >= 11 is 0. The zero-order chi connectivity index (χ0) is 24.0. The van der Waals surface area contributed by atoms with Gasteiger partial charge < -0.3 is 24.3 Å². The Morgan fingerprint density at radius 2 is 1.88 bits per heavy atom. The Morgan fingerprint density at radius 1 is 1.12 bits per heavy atom. The first-order valence-corrected chi connectivity index (χ1v) is 12.8. The summed E-state index contributed by atoms with van der Waals surface area (Å²) in [5.41, 5.74) is 1.04. The van der Waals surface area contributed by atoms with Crippen molar-refractivity contribution in [3.05, 3.63) is 53.6 Å². The fourth-order valence-corrected chi connectivity index (χ4v) is 5.34. The van der Waals surface area contributed by atoms with Gasteiger partial charge >= 0.3 is 0 Å². The van der Waals surface area contributed by atoms with E-state index in [1.807, 2.05) is 24.3 Å². The van der Waals surface area contributed by atoms with E-state index in [2.05, 4.69) is 5.32 Å². The van der Waals surface area contributed by atoms with Crippen molar-refractivity contribution in [2.75, 3.05) is 46.6 Å². The van der Waals surface area contributed by atoms with E-state index in [1.54, 1.807) is 0 Å². The van der Waals surface area contributed by atoms with Gasteiger partial charge in [0.2, 0.25) is 10.0 Å². The van der Waals surface area contributed by atoms with E-state index >= 15 is 0 Å². The second kappa shape index (κ2) is 11.2. The highest BCUT2D eigenvalue weighted by Gasteiger charge is 2.28. The number of carbonyl (C=O) groups excluding carboxylic acids is 1. The van der Waals surface area contributed by atoms with Gasteiger partial charge in [0.1, 0.15) is 18.1 Å². The molecule has 34 heavy (non-hydrogen) atoms. The maximum absolute atomic E-state index is 13.0. The minimum atomic E-state index is -3.73. The minimum absolute atomic E-state index is 0.0492. The van der Waals surface area contributed by atoms with Crippen LogP contribution in [0.5, 0.6) is 11.5 Å². The molecule has 9 nitrogen and oxygen atoms in total. The van der Waals surface area contributed by atoms with Gasteiger partial charge in [-0.2, -0.15) is 4.31 Å². The Kier molecular flexibility index (Phi) is 8.04. The van der Waals surface area contributed by atoms with E-state index in [9.17, 15) is 13.2 Å². The lowest BCUT2D eigenvalue weighted by atomic mass is 10.1. The Labute approximate surface area is 200 Å². The van der Waals surface area contributed by atoms with E-state index in [-0.39, 0.29) is 36.2 Å². The van der Waals surface area contributed by atoms with Crippen LogP contribution >= 0.6 is 0 Å². The summed E-state index contributed by atoms with van der Waals surface area (Å²) in [6, 6.07) is 11.8. The van der Waals surface area contributed by atoms with Gasteiger partial charge in [0, 0.05) is 26.2 Å². The number of nitrogens with zero attached hydrogens (tertiary/aromatic N) is 1. The van der Waals surface area contributed by atoms with Crippen molar-refractivity contribution < 1.29 is 32.2 Å². The molecular formula is C24H30N2O7S. The third-order valence-corrected chi connectivity index (χ3v) is 7.75. The number of morpholine rings is 1. The molecular weight excluding hydrogens is 460 g/mol. The maximum atomic E-state index is 13.0. The molecule has 0 bridgehead atoms. The average Bonchev–Trinajstić information content (AvgIpc) is 3.40. The van der Waals surface area contributed by atoms with Gasteiger partial charge in [-0.05, 0) is 48.7 Å². The second-order valence-electron chi connectivity index (χ2n) is 8.15. The highest BCUT2D eigenvalue weighted by Crippen LogP contribution is 2.25. The summed E-state index contributed by atoms with van der Waals surface area (Å²) in [5, 5.41) is 2.84. The van der Waals surface area contributed by atoms with Crippen molar-refractivity contribution in [1.82, 2.24) is 9.62 Å². The third kappa shape index (κ3) is 5.87. The molecule has 0 saturated carbocycles. The van der Waals surface area contributed by atoms with Crippen molar-refractivity contribution in [3.63, 3.8) is 0 Å². The topological polar surface area (TPSA) is 103 Å². The van der Waals surface area contributed by atoms with Crippen LogP contribution in [0.4, 0.5) is 0 Å². The first-order chi connectivity index (χ1) is 16.5. The predicted octanol–water partition coefficient (Wildman–Crippen LogP) is 2.20. The molecule has 10 heteroatoms. The summed E-state index contributed by atoms with van der Waals surface area (Å²) in [5.74, 6) is 0.624. The standard InChI is InChI=1S/C24H30N2O7S/c1-30-23-9-8-21(34(28,29)26-10-13-31-14-11-26)15-22(23)24(27)25-16-18-4-6-19(7-5-18)33-17-20-3-2-12-32-20/h4-9,15,20H,2-3,10-14,16-17H2,1H3,(H,25,27). The van der Waals surface area contributed by atoms with Crippen LogP contribution in [-0.4, -0.2) is 71.4 Å². The van der Waals surface area contributed by atoms with Crippen molar-refractivity contribution in [1.29, 1.82) is 0 Å². The molecule has 2 aliphatic rings. The molecule has 0 aromatic heterocycles. The minimum Gasteiger partial charge on any atom is -0.496 e.